The van der Waals surface area contributed by atoms with Crippen molar-refractivity contribution in [3.63, 3.8) is 0 Å². The number of anilines is 2. The highest BCUT2D eigenvalue weighted by Gasteiger charge is 2.30. The summed E-state index contributed by atoms with van der Waals surface area (Å²) >= 11 is 0. The van der Waals surface area contributed by atoms with Gasteiger partial charge in [-0.15, -0.1) is 0 Å². The average molecular weight is 498 g/mol. The molecular weight excluding hydrogens is 470 g/mol. The third-order valence-corrected chi connectivity index (χ3v) is 6.91. The largest absolute Gasteiger partial charge is 0.494 e. The van der Waals surface area contributed by atoms with Crippen LogP contribution in [0.5, 0.6) is 5.75 Å². The van der Waals surface area contributed by atoms with Crippen molar-refractivity contribution >= 4 is 33.6 Å². The van der Waals surface area contributed by atoms with E-state index in [0.717, 1.165) is 27.8 Å². The van der Waals surface area contributed by atoms with E-state index in [-0.39, 0.29) is 13.1 Å². The number of imidazole rings is 1. The number of ether oxygens (including phenoxy) is 1. The minimum atomic E-state index is -0.723. The molecule has 0 saturated carbocycles. The lowest BCUT2D eigenvalue weighted by Gasteiger charge is -2.32. The number of benzene rings is 3. The molecule has 9 nitrogen and oxygen atoms in total. The van der Waals surface area contributed by atoms with E-state index in [1.54, 1.807) is 11.6 Å². The normalized spacial score (nSPS) is 15.3. The van der Waals surface area contributed by atoms with Gasteiger partial charge in [0.1, 0.15) is 5.75 Å². The van der Waals surface area contributed by atoms with Crippen molar-refractivity contribution in [1.29, 1.82) is 0 Å². The highest BCUT2D eigenvalue weighted by Crippen LogP contribution is 2.32. The number of aliphatic hydroxyl groups excluding tert-OH is 1. The topological polar surface area (TPSA) is 94.5 Å². The highest BCUT2D eigenvalue weighted by atomic mass is 16.5. The Morgan fingerprint density at radius 2 is 1.76 bits per heavy atom. The second-order valence-corrected chi connectivity index (χ2v) is 9.26. The van der Waals surface area contributed by atoms with Crippen molar-refractivity contribution in [2.75, 3.05) is 18.1 Å². The highest BCUT2D eigenvalue weighted by molar-refractivity contribution is 5.85. The standard InChI is InChI=1S/C28H27N5O4/c1-3-37-22-13-11-20(12-14-22)31-16-21(34)17-32-24-25(29-27(31)32)30(2)28(36)33(26(24)35)15-19-9-6-8-18-7-4-5-10-23(18)19/h4-14,21,34H,3,15-17H2,1-2H3. The fraction of sp³-hybridized carbons (Fsp3) is 0.250. The lowest BCUT2D eigenvalue weighted by Crippen LogP contribution is -2.42. The van der Waals surface area contributed by atoms with Crippen LogP contribution < -0.4 is 20.9 Å². The van der Waals surface area contributed by atoms with Crippen LogP contribution in [0.1, 0.15) is 12.5 Å². The van der Waals surface area contributed by atoms with Crippen molar-refractivity contribution in [2.24, 2.45) is 7.05 Å². The molecular formula is C28H27N5O4. The number of β-amino-alcohol motifs (C(OH)–C–C–N with tert-alkyl or cyclic N) is 1. The van der Waals surface area contributed by atoms with Gasteiger partial charge in [0.2, 0.25) is 5.95 Å². The van der Waals surface area contributed by atoms with Gasteiger partial charge >= 0.3 is 5.69 Å². The predicted molar refractivity (Wildman–Crippen MR) is 143 cm³/mol. The molecule has 3 aromatic carbocycles. The molecule has 0 saturated heterocycles. The molecule has 1 atom stereocenters. The minimum Gasteiger partial charge on any atom is -0.494 e. The summed E-state index contributed by atoms with van der Waals surface area (Å²) in [6, 6.07) is 21.3. The van der Waals surface area contributed by atoms with Gasteiger partial charge in [-0.3, -0.25) is 13.9 Å². The van der Waals surface area contributed by atoms with Crippen LogP contribution in [0.3, 0.4) is 0 Å². The number of hydrogen-bond donors (Lipinski definition) is 1. The molecule has 9 heteroatoms. The van der Waals surface area contributed by atoms with Crippen LogP contribution in [0.15, 0.2) is 76.3 Å². The first-order valence-corrected chi connectivity index (χ1v) is 12.3. The van der Waals surface area contributed by atoms with Crippen molar-refractivity contribution in [3.05, 3.63) is 93.1 Å². The molecule has 0 aliphatic carbocycles. The van der Waals surface area contributed by atoms with Gasteiger partial charge < -0.3 is 19.3 Å². The van der Waals surface area contributed by atoms with Crippen molar-refractivity contribution in [2.45, 2.75) is 26.1 Å². The molecule has 0 amide bonds. The smallest absolute Gasteiger partial charge is 0.332 e. The summed E-state index contributed by atoms with van der Waals surface area (Å²) in [5.41, 5.74) is 1.42. The predicted octanol–water partition coefficient (Wildman–Crippen LogP) is 3.01. The van der Waals surface area contributed by atoms with Crippen LogP contribution in [0.4, 0.5) is 11.6 Å². The van der Waals surface area contributed by atoms with Crippen LogP contribution in [0.2, 0.25) is 0 Å². The number of aliphatic hydroxyl groups is 1. The third kappa shape index (κ3) is 3.79. The zero-order chi connectivity index (χ0) is 25.7. The number of aromatic nitrogens is 4. The maximum Gasteiger partial charge on any atom is 0.332 e. The van der Waals surface area contributed by atoms with Crippen molar-refractivity contribution in [3.8, 4) is 5.75 Å². The Bertz CT molecular complexity index is 1740. The van der Waals surface area contributed by atoms with Crippen molar-refractivity contribution < 1.29 is 9.84 Å². The molecule has 1 aliphatic rings. The van der Waals surface area contributed by atoms with E-state index in [1.807, 2.05) is 78.6 Å². The second kappa shape index (κ2) is 8.94. The molecule has 1 aliphatic heterocycles. The van der Waals surface area contributed by atoms with E-state index >= 15 is 0 Å². The Kier molecular flexibility index (Phi) is 5.57. The van der Waals surface area contributed by atoms with E-state index in [4.69, 9.17) is 9.72 Å². The molecule has 37 heavy (non-hydrogen) atoms. The summed E-state index contributed by atoms with van der Waals surface area (Å²) in [4.78, 5) is 33.8. The average Bonchev–Trinajstić information content (AvgIpc) is 3.30. The van der Waals surface area contributed by atoms with Crippen LogP contribution in [-0.2, 0) is 20.1 Å². The van der Waals surface area contributed by atoms with Gasteiger partial charge in [-0.2, -0.15) is 4.98 Å². The molecule has 0 bridgehead atoms. The number of fused-ring (bicyclic) bond motifs is 4. The summed E-state index contributed by atoms with van der Waals surface area (Å²) < 4.78 is 9.94. The van der Waals surface area contributed by atoms with E-state index in [1.165, 1.54) is 9.13 Å². The third-order valence-electron chi connectivity index (χ3n) is 6.91. The molecule has 2 aromatic heterocycles. The Morgan fingerprint density at radius 3 is 2.54 bits per heavy atom. The summed E-state index contributed by atoms with van der Waals surface area (Å²) in [7, 11) is 1.63. The second-order valence-electron chi connectivity index (χ2n) is 9.26. The van der Waals surface area contributed by atoms with Gasteiger partial charge in [0, 0.05) is 12.7 Å². The quantitative estimate of drug-likeness (QED) is 0.401. The Hall–Kier alpha value is -4.37. The number of nitrogens with zero attached hydrogens (tertiary/aromatic N) is 5. The van der Waals surface area contributed by atoms with Crippen LogP contribution in [0, 0.1) is 0 Å². The number of aryl methyl sites for hydroxylation is 1. The molecule has 3 heterocycles. The SMILES string of the molecule is CCOc1ccc(N2CC(O)Cn3c2nc2c3c(=O)n(Cc3cccc4ccccc34)c(=O)n2C)cc1. The van der Waals surface area contributed by atoms with E-state index in [9.17, 15) is 14.7 Å². The lowest BCUT2D eigenvalue weighted by atomic mass is 10.0. The zero-order valence-corrected chi connectivity index (χ0v) is 20.7. The van der Waals surface area contributed by atoms with E-state index < -0.39 is 17.4 Å². The molecule has 6 rings (SSSR count). The first-order valence-electron chi connectivity index (χ1n) is 12.3. The van der Waals surface area contributed by atoms with Gasteiger partial charge in [0.25, 0.3) is 5.56 Å². The zero-order valence-electron chi connectivity index (χ0n) is 20.7. The molecule has 1 unspecified atom stereocenters. The van der Waals surface area contributed by atoms with Gasteiger partial charge in [0.05, 0.1) is 32.3 Å². The molecule has 0 spiro atoms. The molecule has 188 valence electrons. The van der Waals surface area contributed by atoms with Gasteiger partial charge in [0.15, 0.2) is 11.2 Å². The first-order chi connectivity index (χ1) is 18.0. The summed E-state index contributed by atoms with van der Waals surface area (Å²) in [5, 5.41) is 12.8. The van der Waals surface area contributed by atoms with Crippen LogP contribution in [0.25, 0.3) is 21.9 Å². The first kappa shape index (κ1) is 23.1. The minimum absolute atomic E-state index is 0.133. The number of rotatable bonds is 5. The Labute approximate surface area is 212 Å². The summed E-state index contributed by atoms with van der Waals surface area (Å²) in [5.74, 6) is 1.26. The maximum absolute atomic E-state index is 13.8. The Morgan fingerprint density at radius 1 is 1.00 bits per heavy atom. The fourth-order valence-corrected chi connectivity index (χ4v) is 5.15. The molecule has 5 aromatic rings. The lowest BCUT2D eigenvalue weighted by molar-refractivity contribution is 0.154. The molecule has 1 N–H and O–H groups in total. The van der Waals surface area contributed by atoms with Crippen LogP contribution >= 0.6 is 0 Å². The molecule has 0 radical (unpaired) electrons. The monoisotopic (exact) mass is 497 g/mol. The summed E-state index contributed by atoms with van der Waals surface area (Å²) in [6.45, 7) is 3.15. The Balaban J connectivity index is 1.51. The fourth-order valence-electron chi connectivity index (χ4n) is 5.15. The van der Waals surface area contributed by atoms with Gasteiger partial charge in [-0.1, -0.05) is 42.5 Å². The van der Waals surface area contributed by atoms with Crippen molar-refractivity contribution in [1.82, 2.24) is 18.7 Å². The van der Waals surface area contributed by atoms with Crippen LogP contribution in [-0.4, -0.2) is 43.0 Å². The number of hydrogen-bond acceptors (Lipinski definition) is 6. The van der Waals surface area contributed by atoms with Gasteiger partial charge in [-0.25, -0.2) is 4.79 Å². The van der Waals surface area contributed by atoms with E-state index in [2.05, 4.69) is 0 Å². The molecule has 0 fully saturated rings. The maximum atomic E-state index is 13.8. The summed E-state index contributed by atoms with van der Waals surface area (Å²) in [6.07, 6.45) is -0.723. The van der Waals surface area contributed by atoms with Gasteiger partial charge in [-0.05, 0) is 47.5 Å². The van der Waals surface area contributed by atoms with E-state index in [0.29, 0.717) is 30.3 Å².